The molecule has 1 aliphatic rings. The second kappa shape index (κ2) is 8.67. The van der Waals surface area contributed by atoms with Crippen molar-refractivity contribution in [1.29, 1.82) is 0 Å². The zero-order valence-electron chi connectivity index (χ0n) is 20.1. The molecule has 3 aromatic rings. The molecule has 0 amide bonds. The molecule has 1 aliphatic carbocycles. The van der Waals surface area contributed by atoms with Crippen LogP contribution in [0.1, 0.15) is 59.1 Å². The van der Waals surface area contributed by atoms with Gasteiger partial charge in [-0.15, -0.1) is 0 Å². The number of ether oxygens (including phenoxy) is 1. The first-order valence-electron chi connectivity index (χ1n) is 11.8. The highest BCUT2D eigenvalue weighted by Crippen LogP contribution is 2.41. The molecule has 2 heterocycles. The topological polar surface area (TPSA) is 86.1 Å². The molecule has 33 heavy (non-hydrogen) atoms. The quantitative estimate of drug-likeness (QED) is 0.391. The number of nitrogens with one attached hydrogen (secondary N) is 1. The highest BCUT2D eigenvalue weighted by atomic mass is 32.2. The van der Waals surface area contributed by atoms with Gasteiger partial charge in [-0.3, -0.25) is 0 Å². The SMILES string of the molecule is CCS(=O)(=O)c1ccc(O[C@H]2CC[C@H](C(C)(C)C)CC2)c(-c2cc(C)[n+]([O-])c3[nH]ccc23)c1. The summed E-state index contributed by atoms with van der Waals surface area (Å²) in [4.78, 5) is 3.27. The summed E-state index contributed by atoms with van der Waals surface area (Å²) in [5.74, 6) is 1.37. The maximum absolute atomic E-state index is 12.6. The summed E-state index contributed by atoms with van der Waals surface area (Å²) in [5.41, 5.74) is 2.77. The maximum Gasteiger partial charge on any atom is 0.290 e. The molecule has 1 N–H and O–H groups in total. The third-order valence-electron chi connectivity index (χ3n) is 7.06. The van der Waals surface area contributed by atoms with Crippen LogP contribution >= 0.6 is 0 Å². The average Bonchev–Trinajstić information content (AvgIpc) is 3.26. The number of pyridine rings is 1. The van der Waals surface area contributed by atoms with E-state index in [0.717, 1.165) is 41.4 Å². The van der Waals surface area contributed by atoms with Gasteiger partial charge in [0.15, 0.2) is 9.84 Å². The normalized spacial score (nSPS) is 19.7. The van der Waals surface area contributed by atoms with Crippen LogP contribution in [0.3, 0.4) is 0 Å². The van der Waals surface area contributed by atoms with Crippen LogP contribution in [-0.2, 0) is 9.84 Å². The van der Waals surface area contributed by atoms with E-state index in [1.807, 2.05) is 12.1 Å². The number of nitrogens with zero attached hydrogens (tertiary/aromatic N) is 1. The van der Waals surface area contributed by atoms with Crippen LogP contribution in [0, 0.1) is 23.5 Å². The van der Waals surface area contributed by atoms with E-state index in [1.54, 1.807) is 38.2 Å². The minimum Gasteiger partial charge on any atom is -0.710 e. The summed E-state index contributed by atoms with van der Waals surface area (Å²) in [7, 11) is -3.39. The predicted octanol–water partition coefficient (Wildman–Crippen LogP) is 5.55. The number of aryl methyl sites for hydroxylation is 1. The van der Waals surface area contributed by atoms with Gasteiger partial charge in [0.05, 0.1) is 28.3 Å². The highest BCUT2D eigenvalue weighted by Gasteiger charge is 2.31. The standard InChI is InChI=1S/C26H34N2O4S/c1-6-33(30,31)20-11-12-24(32-19-9-7-18(8-10-19)26(3,4)5)23(16-20)22-15-17(2)28(29)25-21(22)13-14-27-25/h11-16,18-19,27H,6-10H2,1-5H3/t18-,19-. The van der Waals surface area contributed by atoms with E-state index in [0.29, 0.717) is 34.0 Å². The monoisotopic (exact) mass is 470 g/mol. The highest BCUT2D eigenvalue weighted by molar-refractivity contribution is 7.91. The zero-order chi connectivity index (χ0) is 24.0. The van der Waals surface area contributed by atoms with Crippen LogP contribution in [0.2, 0.25) is 0 Å². The molecule has 178 valence electrons. The first kappa shape index (κ1) is 23.6. The Morgan fingerprint density at radius 2 is 1.79 bits per heavy atom. The third-order valence-corrected chi connectivity index (χ3v) is 8.80. The second-order valence-electron chi connectivity index (χ2n) is 10.3. The van der Waals surface area contributed by atoms with Gasteiger partial charge in [-0.25, -0.2) is 18.1 Å². The predicted molar refractivity (Wildman–Crippen MR) is 131 cm³/mol. The lowest BCUT2D eigenvalue weighted by molar-refractivity contribution is -0.586. The molecule has 0 aliphatic heterocycles. The third kappa shape index (κ3) is 4.60. The maximum atomic E-state index is 12.6. The smallest absolute Gasteiger partial charge is 0.290 e. The van der Waals surface area contributed by atoms with Crippen LogP contribution in [0.15, 0.2) is 41.4 Å². The number of H-pyrrole nitrogens is 1. The molecule has 0 bridgehead atoms. The van der Waals surface area contributed by atoms with Crippen molar-refractivity contribution in [3.63, 3.8) is 0 Å². The Morgan fingerprint density at radius 1 is 1.09 bits per heavy atom. The minimum absolute atomic E-state index is 0.0252. The van der Waals surface area contributed by atoms with Crippen molar-refractivity contribution in [2.24, 2.45) is 11.3 Å². The number of hydrogen-bond acceptors (Lipinski definition) is 4. The van der Waals surface area contributed by atoms with Gasteiger partial charge in [0.2, 0.25) is 0 Å². The Labute approximate surface area is 196 Å². The van der Waals surface area contributed by atoms with E-state index in [2.05, 4.69) is 25.8 Å². The molecule has 0 saturated heterocycles. The number of aromatic amines is 1. The van der Waals surface area contributed by atoms with Gasteiger partial charge in [-0.1, -0.05) is 27.7 Å². The summed E-state index contributed by atoms with van der Waals surface area (Å²) in [6.45, 7) is 10.3. The molecule has 7 heteroatoms. The Balaban J connectivity index is 1.77. The molecule has 0 radical (unpaired) electrons. The van der Waals surface area contributed by atoms with Crippen LogP contribution in [-0.4, -0.2) is 25.3 Å². The lowest BCUT2D eigenvalue weighted by atomic mass is 9.72. The summed E-state index contributed by atoms with van der Waals surface area (Å²) in [5, 5.41) is 13.3. The summed E-state index contributed by atoms with van der Waals surface area (Å²) in [6.07, 6.45) is 6.01. The number of aromatic nitrogens is 2. The molecule has 0 atom stereocenters. The number of rotatable bonds is 5. The van der Waals surface area contributed by atoms with Gasteiger partial charge in [-0.2, -0.15) is 0 Å². The first-order chi connectivity index (χ1) is 15.5. The second-order valence-corrected chi connectivity index (χ2v) is 12.5. The fourth-order valence-electron chi connectivity index (χ4n) is 4.90. The van der Waals surface area contributed by atoms with E-state index in [4.69, 9.17) is 4.74 Å². The summed E-state index contributed by atoms with van der Waals surface area (Å²) in [6, 6.07) is 8.77. The molecule has 0 spiro atoms. The number of sulfone groups is 1. The molecule has 6 nitrogen and oxygen atoms in total. The van der Waals surface area contributed by atoms with Crippen molar-refractivity contribution in [3.05, 3.63) is 47.4 Å². The van der Waals surface area contributed by atoms with Gasteiger partial charge in [0, 0.05) is 11.1 Å². The van der Waals surface area contributed by atoms with E-state index in [1.165, 1.54) is 0 Å². The molecule has 4 rings (SSSR count). The number of benzene rings is 1. The summed E-state index contributed by atoms with van der Waals surface area (Å²) >= 11 is 0. The van der Waals surface area contributed by atoms with Crippen LogP contribution in [0.5, 0.6) is 5.75 Å². The van der Waals surface area contributed by atoms with E-state index in [-0.39, 0.29) is 16.8 Å². The molecular weight excluding hydrogens is 436 g/mol. The Hall–Kier alpha value is -2.54. The number of hydrogen-bond donors (Lipinski definition) is 1. The van der Waals surface area contributed by atoms with E-state index >= 15 is 0 Å². The minimum atomic E-state index is -3.39. The molecule has 0 unspecified atom stereocenters. The number of fused-ring (bicyclic) bond motifs is 1. The van der Waals surface area contributed by atoms with Crippen molar-refractivity contribution < 1.29 is 17.9 Å². The average molecular weight is 471 g/mol. The van der Waals surface area contributed by atoms with E-state index in [9.17, 15) is 13.6 Å². The van der Waals surface area contributed by atoms with E-state index < -0.39 is 9.84 Å². The zero-order valence-corrected chi connectivity index (χ0v) is 21.0. The van der Waals surface area contributed by atoms with Gasteiger partial charge in [-0.05, 0) is 74.3 Å². The van der Waals surface area contributed by atoms with Crippen LogP contribution in [0.4, 0.5) is 0 Å². The van der Waals surface area contributed by atoms with Gasteiger partial charge in [0.25, 0.3) is 5.65 Å². The van der Waals surface area contributed by atoms with Gasteiger partial charge < -0.3 is 9.94 Å². The molecule has 1 fully saturated rings. The van der Waals surface area contributed by atoms with Gasteiger partial charge >= 0.3 is 0 Å². The molecule has 1 aromatic carbocycles. The van der Waals surface area contributed by atoms with Crippen molar-refractivity contribution in [2.75, 3.05) is 5.75 Å². The molecule has 2 aromatic heterocycles. The molecular formula is C26H34N2O4S. The lowest BCUT2D eigenvalue weighted by Crippen LogP contribution is -2.31. The van der Waals surface area contributed by atoms with Crippen LogP contribution < -0.4 is 9.47 Å². The Morgan fingerprint density at radius 3 is 2.42 bits per heavy atom. The first-order valence-corrected chi connectivity index (χ1v) is 13.4. The largest absolute Gasteiger partial charge is 0.710 e. The lowest BCUT2D eigenvalue weighted by Gasteiger charge is -2.37. The van der Waals surface area contributed by atoms with Crippen molar-refractivity contribution in [2.45, 2.75) is 71.3 Å². The van der Waals surface area contributed by atoms with Crippen LogP contribution in [0.25, 0.3) is 22.2 Å². The fraction of sp³-hybridized carbons (Fsp3) is 0.500. The Kier molecular flexibility index (Phi) is 6.20. The van der Waals surface area contributed by atoms with Crippen molar-refractivity contribution in [1.82, 2.24) is 4.98 Å². The Bertz CT molecular complexity index is 1260. The molecule has 1 saturated carbocycles. The fourth-order valence-corrected chi connectivity index (χ4v) is 5.81. The van der Waals surface area contributed by atoms with Crippen molar-refractivity contribution >= 4 is 20.9 Å². The summed E-state index contributed by atoms with van der Waals surface area (Å²) < 4.78 is 32.7. The van der Waals surface area contributed by atoms with Gasteiger partial charge in [0.1, 0.15) is 11.4 Å². The van der Waals surface area contributed by atoms with Crippen molar-refractivity contribution in [3.8, 4) is 16.9 Å².